The van der Waals surface area contributed by atoms with Gasteiger partial charge in [-0.1, -0.05) is 0 Å². The third kappa shape index (κ3) is 2.84. The number of nitrogens with zero attached hydrogens (tertiary/aromatic N) is 2. The lowest BCUT2D eigenvalue weighted by atomic mass is 10.2. The summed E-state index contributed by atoms with van der Waals surface area (Å²) in [5.41, 5.74) is 1.26. The molecule has 1 aliphatic rings. The fourth-order valence-electron chi connectivity index (χ4n) is 1.90. The number of imidazole rings is 1. The van der Waals surface area contributed by atoms with Crippen molar-refractivity contribution < 1.29 is 8.42 Å². The Labute approximate surface area is 96.6 Å². The molecule has 0 spiro atoms. The minimum Gasteiger partial charge on any atom is -0.332 e. The first-order chi connectivity index (χ1) is 7.47. The Morgan fingerprint density at radius 3 is 2.81 bits per heavy atom. The van der Waals surface area contributed by atoms with Gasteiger partial charge in [-0.15, -0.1) is 0 Å². The smallest absolute Gasteiger partial charge is 0.147 e. The van der Waals surface area contributed by atoms with Crippen LogP contribution in [0.2, 0.25) is 0 Å². The molecule has 90 valence electrons. The Balaban J connectivity index is 2.02. The molecule has 1 aliphatic carbocycles. The molecule has 1 atom stereocenters. The third-order valence-corrected chi connectivity index (χ3v) is 4.05. The molecule has 1 fully saturated rings. The summed E-state index contributed by atoms with van der Waals surface area (Å²) in [4.78, 5) is 4.16. The van der Waals surface area contributed by atoms with Crippen LogP contribution in [0, 0.1) is 0 Å². The summed E-state index contributed by atoms with van der Waals surface area (Å²) in [7, 11) is -2.86. The highest BCUT2D eigenvalue weighted by atomic mass is 32.2. The maximum absolute atomic E-state index is 11.1. The van der Waals surface area contributed by atoms with Crippen LogP contribution in [0.4, 0.5) is 0 Å². The second-order valence-corrected chi connectivity index (χ2v) is 7.03. The van der Waals surface area contributed by atoms with E-state index in [0.717, 1.165) is 0 Å². The van der Waals surface area contributed by atoms with Gasteiger partial charge in [-0.25, -0.2) is 13.4 Å². The number of hydrogen-bond acceptors (Lipinski definition) is 3. The summed E-state index contributed by atoms with van der Waals surface area (Å²) in [6.45, 7) is 2.05. The van der Waals surface area contributed by atoms with Gasteiger partial charge in [-0.05, 0) is 26.2 Å². The van der Waals surface area contributed by atoms with Crippen molar-refractivity contribution in [3.63, 3.8) is 0 Å². The molecule has 0 aliphatic heterocycles. The standard InChI is InChI=1S/C11H18N2O2S/c1-9(5-6-16(2,14)15)13-8-12-7-11(13)10-3-4-10/h7-10H,3-6H2,1-2H3. The SMILES string of the molecule is CC(CCS(C)(=O)=O)n1cncc1C1CC1. The molecule has 0 bridgehead atoms. The first kappa shape index (κ1) is 11.6. The number of rotatable bonds is 5. The molecule has 0 N–H and O–H groups in total. The van der Waals surface area contributed by atoms with Crippen molar-refractivity contribution in [1.82, 2.24) is 9.55 Å². The van der Waals surface area contributed by atoms with Crippen molar-refractivity contribution in [1.29, 1.82) is 0 Å². The van der Waals surface area contributed by atoms with Gasteiger partial charge in [0.15, 0.2) is 0 Å². The van der Waals surface area contributed by atoms with Crippen molar-refractivity contribution in [2.45, 2.75) is 38.1 Å². The molecule has 5 heteroatoms. The van der Waals surface area contributed by atoms with Crippen LogP contribution in [0.15, 0.2) is 12.5 Å². The molecular weight excluding hydrogens is 224 g/mol. The molecule has 2 rings (SSSR count). The van der Waals surface area contributed by atoms with E-state index in [1.807, 2.05) is 12.5 Å². The van der Waals surface area contributed by atoms with Gasteiger partial charge in [0.2, 0.25) is 0 Å². The van der Waals surface area contributed by atoms with Crippen molar-refractivity contribution in [3.05, 3.63) is 18.2 Å². The molecule has 1 unspecified atom stereocenters. The minimum atomic E-state index is -2.86. The highest BCUT2D eigenvalue weighted by Crippen LogP contribution is 2.40. The fraction of sp³-hybridized carbons (Fsp3) is 0.727. The number of hydrogen-bond donors (Lipinski definition) is 0. The highest BCUT2D eigenvalue weighted by Gasteiger charge is 2.28. The van der Waals surface area contributed by atoms with Gasteiger partial charge in [-0.2, -0.15) is 0 Å². The molecule has 1 heterocycles. The lowest BCUT2D eigenvalue weighted by molar-refractivity contribution is 0.507. The first-order valence-corrected chi connectivity index (χ1v) is 7.73. The van der Waals surface area contributed by atoms with E-state index in [9.17, 15) is 8.42 Å². The van der Waals surface area contributed by atoms with Gasteiger partial charge < -0.3 is 4.57 Å². The van der Waals surface area contributed by atoms with Crippen molar-refractivity contribution >= 4 is 9.84 Å². The second-order valence-electron chi connectivity index (χ2n) is 4.77. The van der Waals surface area contributed by atoms with Gasteiger partial charge in [0.05, 0.1) is 12.1 Å². The van der Waals surface area contributed by atoms with E-state index in [2.05, 4.69) is 16.5 Å². The maximum atomic E-state index is 11.1. The topological polar surface area (TPSA) is 52.0 Å². The Morgan fingerprint density at radius 1 is 1.56 bits per heavy atom. The molecular formula is C11H18N2O2S. The monoisotopic (exact) mass is 242 g/mol. The minimum absolute atomic E-state index is 0.216. The predicted octanol–water partition coefficient (Wildman–Crippen LogP) is 1.76. The molecule has 16 heavy (non-hydrogen) atoms. The van der Waals surface area contributed by atoms with Crippen molar-refractivity contribution in [2.24, 2.45) is 0 Å². The number of aromatic nitrogens is 2. The van der Waals surface area contributed by atoms with E-state index in [0.29, 0.717) is 12.3 Å². The van der Waals surface area contributed by atoms with Crippen LogP contribution in [0.25, 0.3) is 0 Å². The Morgan fingerprint density at radius 2 is 2.25 bits per heavy atom. The average molecular weight is 242 g/mol. The largest absolute Gasteiger partial charge is 0.332 e. The molecule has 1 saturated carbocycles. The van der Waals surface area contributed by atoms with Crippen molar-refractivity contribution in [2.75, 3.05) is 12.0 Å². The zero-order valence-electron chi connectivity index (χ0n) is 9.76. The van der Waals surface area contributed by atoms with Crippen molar-refractivity contribution in [3.8, 4) is 0 Å². The van der Waals surface area contributed by atoms with E-state index < -0.39 is 9.84 Å². The van der Waals surface area contributed by atoms with Crippen LogP contribution in [0.5, 0.6) is 0 Å². The van der Waals surface area contributed by atoms with Crippen LogP contribution in [0.3, 0.4) is 0 Å². The lowest BCUT2D eigenvalue weighted by Crippen LogP contribution is -2.12. The third-order valence-electron chi connectivity index (χ3n) is 3.07. The Bertz CT molecular complexity index is 460. The Kier molecular flexibility index (Phi) is 3.06. The first-order valence-electron chi connectivity index (χ1n) is 5.67. The summed E-state index contributed by atoms with van der Waals surface area (Å²) < 4.78 is 24.4. The summed E-state index contributed by atoms with van der Waals surface area (Å²) in [6, 6.07) is 0.216. The summed E-state index contributed by atoms with van der Waals surface area (Å²) >= 11 is 0. The normalized spacial score (nSPS) is 18.6. The number of sulfone groups is 1. The van der Waals surface area contributed by atoms with E-state index in [1.165, 1.54) is 24.8 Å². The van der Waals surface area contributed by atoms with Gasteiger partial charge in [-0.3, -0.25) is 0 Å². The van der Waals surface area contributed by atoms with E-state index in [-0.39, 0.29) is 11.8 Å². The summed E-state index contributed by atoms with van der Waals surface area (Å²) in [5.74, 6) is 0.902. The molecule has 4 nitrogen and oxygen atoms in total. The molecule has 1 aromatic heterocycles. The quantitative estimate of drug-likeness (QED) is 0.790. The van der Waals surface area contributed by atoms with Crippen LogP contribution in [-0.4, -0.2) is 30.0 Å². The zero-order valence-corrected chi connectivity index (χ0v) is 10.6. The molecule has 0 aromatic carbocycles. The van der Waals surface area contributed by atoms with Gasteiger partial charge in [0.1, 0.15) is 9.84 Å². The average Bonchev–Trinajstić information content (AvgIpc) is 2.92. The summed E-state index contributed by atoms with van der Waals surface area (Å²) in [6.07, 6.45) is 8.16. The second kappa shape index (κ2) is 4.20. The van der Waals surface area contributed by atoms with Crippen LogP contribution in [0.1, 0.15) is 43.8 Å². The van der Waals surface area contributed by atoms with E-state index >= 15 is 0 Å². The summed E-state index contributed by atoms with van der Waals surface area (Å²) in [5, 5.41) is 0. The zero-order chi connectivity index (χ0) is 11.8. The predicted molar refractivity (Wildman–Crippen MR) is 63.2 cm³/mol. The van der Waals surface area contributed by atoms with Gasteiger partial charge >= 0.3 is 0 Å². The van der Waals surface area contributed by atoms with Crippen LogP contribution < -0.4 is 0 Å². The van der Waals surface area contributed by atoms with Crippen LogP contribution in [-0.2, 0) is 9.84 Å². The van der Waals surface area contributed by atoms with Gasteiger partial charge in [0, 0.05) is 30.1 Å². The van der Waals surface area contributed by atoms with E-state index in [1.54, 1.807) is 0 Å². The highest BCUT2D eigenvalue weighted by molar-refractivity contribution is 7.90. The Hall–Kier alpha value is -0.840. The van der Waals surface area contributed by atoms with E-state index in [4.69, 9.17) is 0 Å². The fourth-order valence-corrected chi connectivity index (χ4v) is 2.67. The van der Waals surface area contributed by atoms with Gasteiger partial charge in [0.25, 0.3) is 0 Å². The van der Waals surface area contributed by atoms with Crippen LogP contribution >= 0.6 is 0 Å². The maximum Gasteiger partial charge on any atom is 0.147 e. The molecule has 0 amide bonds. The molecule has 1 aromatic rings. The molecule has 0 saturated heterocycles. The lowest BCUT2D eigenvalue weighted by Gasteiger charge is -2.15. The molecule has 0 radical (unpaired) electrons.